The second kappa shape index (κ2) is 11.6. The van der Waals surface area contributed by atoms with Crippen molar-refractivity contribution in [1.82, 2.24) is 10.2 Å². The Bertz CT molecular complexity index is 767. The lowest BCUT2D eigenvalue weighted by Gasteiger charge is -2.35. The van der Waals surface area contributed by atoms with Gasteiger partial charge in [-0.15, -0.1) is 0 Å². The molecular weight excluding hydrogens is 402 g/mol. The standard InChI is InChI=1S/C22H37N3O4S/c1-5-18-10-7-8-16-25(18)17-9-15-23-22(26)21(6-2)29-20-13-11-19(12-14-20)24(3)30(4,27)28/h11-14,18,21H,5-10,15-17H2,1-4H3,(H,23,26). The molecular formula is C22H37N3O4S. The van der Waals surface area contributed by atoms with Crippen LogP contribution in [0.3, 0.4) is 0 Å². The van der Waals surface area contributed by atoms with Crippen LogP contribution in [0, 0.1) is 0 Å². The molecule has 1 amide bonds. The summed E-state index contributed by atoms with van der Waals surface area (Å²) < 4.78 is 30.3. The quantitative estimate of drug-likeness (QED) is 0.536. The molecule has 1 aromatic rings. The van der Waals surface area contributed by atoms with Crippen molar-refractivity contribution in [3.63, 3.8) is 0 Å². The van der Waals surface area contributed by atoms with Crippen molar-refractivity contribution in [2.45, 2.75) is 64.5 Å². The van der Waals surface area contributed by atoms with Crippen molar-refractivity contribution < 1.29 is 17.9 Å². The summed E-state index contributed by atoms with van der Waals surface area (Å²) >= 11 is 0. The lowest BCUT2D eigenvalue weighted by Crippen LogP contribution is -2.42. The number of carbonyl (C=O) groups is 1. The van der Waals surface area contributed by atoms with Crippen LogP contribution in [0.2, 0.25) is 0 Å². The summed E-state index contributed by atoms with van der Waals surface area (Å²) in [7, 11) is -1.81. The van der Waals surface area contributed by atoms with Gasteiger partial charge in [-0.25, -0.2) is 8.42 Å². The number of piperidine rings is 1. The van der Waals surface area contributed by atoms with Gasteiger partial charge in [0, 0.05) is 26.2 Å². The van der Waals surface area contributed by atoms with Crippen molar-refractivity contribution in [2.24, 2.45) is 0 Å². The molecule has 1 heterocycles. The maximum Gasteiger partial charge on any atom is 0.261 e. The van der Waals surface area contributed by atoms with Crippen LogP contribution in [0.15, 0.2) is 24.3 Å². The molecule has 0 bridgehead atoms. The lowest BCUT2D eigenvalue weighted by atomic mass is 10.00. The molecule has 2 unspecified atom stereocenters. The molecule has 8 heteroatoms. The van der Waals surface area contributed by atoms with E-state index in [0.717, 1.165) is 25.8 Å². The predicted molar refractivity (Wildman–Crippen MR) is 122 cm³/mol. The van der Waals surface area contributed by atoms with Gasteiger partial charge in [0.1, 0.15) is 5.75 Å². The van der Waals surface area contributed by atoms with Crippen molar-refractivity contribution in [1.29, 1.82) is 0 Å². The number of anilines is 1. The van der Waals surface area contributed by atoms with Crippen LogP contribution in [-0.2, 0) is 14.8 Å². The largest absolute Gasteiger partial charge is 0.481 e. The van der Waals surface area contributed by atoms with Crippen LogP contribution in [0.25, 0.3) is 0 Å². The molecule has 1 aliphatic heterocycles. The van der Waals surface area contributed by atoms with E-state index in [-0.39, 0.29) is 5.91 Å². The van der Waals surface area contributed by atoms with Crippen LogP contribution < -0.4 is 14.4 Å². The molecule has 1 saturated heterocycles. The highest BCUT2D eigenvalue weighted by atomic mass is 32.2. The summed E-state index contributed by atoms with van der Waals surface area (Å²) in [5.74, 6) is 0.433. The van der Waals surface area contributed by atoms with E-state index in [0.29, 0.717) is 30.4 Å². The zero-order chi connectivity index (χ0) is 22.1. The fourth-order valence-corrected chi connectivity index (χ4v) is 4.34. The fourth-order valence-electron chi connectivity index (χ4n) is 3.84. The first-order valence-corrected chi connectivity index (χ1v) is 12.8. The van der Waals surface area contributed by atoms with Crippen molar-refractivity contribution in [3.05, 3.63) is 24.3 Å². The van der Waals surface area contributed by atoms with Gasteiger partial charge in [-0.1, -0.05) is 20.3 Å². The third kappa shape index (κ3) is 7.16. The van der Waals surface area contributed by atoms with E-state index in [1.165, 1.54) is 37.0 Å². The van der Waals surface area contributed by atoms with Gasteiger partial charge in [0.05, 0.1) is 11.9 Å². The topological polar surface area (TPSA) is 78.9 Å². The monoisotopic (exact) mass is 439 g/mol. The number of rotatable bonds is 11. The summed E-state index contributed by atoms with van der Waals surface area (Å²) in [6, 6.07) is 7.40. The van der Waals surface area contributed by atoms with Crippen LogP contribution in [-0.4, -0.2) is 64.3 Å². The summed E-state index contributed by atoms with van der Waals surface area (Å²) in [5.41, 5.74) is 0.547. The molecule has 1 aromatic carbocycles. The zero-order valence-electron chi connectivity index (χ0n) is 18.8. The molecule has 0 aliphatic carbocycles. The molecule has 1 N–H and O–H groups in total. The molecule has 0 radical (unpaired) electrons. The highest BCUT2D eigenvalue weighted by Crippen LogP contribution is 2.22. The first-order chi connectivity index (χ1) is 14.3. The third-order valence-electron chi connectivity index (χ3n) is 5.78. The smallest absolute Gasteiger partial charge is 0.261 e. The number of ether oxygens (including phenoxy) is 1. The van der Waals surface area contributed by atoms with Gasteiger partial charge < -0.3 is 15.0 Å². The Morgan fingerprint density at radius 3 is 2.57 bits per heavy atom. The van der Waals surface area contributed by atoms with E-state index in [2.05, 4.69) is 17.1 Å². The van der Waals surface area contributed by atoms with Gasteiger partial charge in [-0.3, -0.25) is 9.10 Å². The number of likely N-dealkylation sites (tertiary alicyclic amines) is 1. The number of carbonyl (C=O) groups excluding carboxylic acids is 1. The van der Waals surface area contributed by atoms with Gasteiger partial charge >= 0.3 is 0 Å². The van der Waals surface area contributed by atoms with E-state index < -0.39 is 16.1 Å². The molecule has 2 rings (SSSR count). The maximum absolute atomic E-state index is 12.5. The SMILES string of the molecule is CCC(Oc1ccc(N(C)S(C)(=O)=O)cc1)C(=O)NCCCN1CCCCC1CC. The van der Waals surface area contributed by atoms with Gasteiger partial charge in [0.25, 0.3) is 5.91 Å². The Labute approximate surface area is 181 Å². The first-order valence-electron chi connectivity index (χ1n) is 11.0. The summed E-state index contributed by atoms with van der Waals surface area (Å²) in [6.07, 6.45) is 7.15. The van der Waals surface area contributed by atoms with Crippen molar-refractivity contribution in [3.8, 4) is 5.75 Å². The molecule has 30 heavy (non-hydrogen) atoms. The molecule has 0 aromatic heterocycles. The van der Waals surface area contributed by atoms with Gasteiger partial charge in [0.15, 0.2) is 6.10 Å². The minimum Gasteiger partial charge on any atom is -0.481 e. The summed E-state index contributed by atoms with van der Waals surface area (Å²) in [6.45, 7) is 6.99. The van der Waals surface area contributed by atoms with Crippen LogP contribution in [0.5, 0.6) is 5.75 Å². The molecule has 0 spiro atoms. The van der Waals surface area contributed by atoms with Crippen LogP contribution >= 0.6 is 0 Å². The average Bonchev–Trinajstić information content (AvgIpc) is 2.74. The fraction of sp³-hybridized carbons (Fsp3) is 0.682. The van der Waals surface area contributed by atoms with Gasteiger partial charge in [-0.05, 0) is 62.9 Å². The minimum atomic E-state index is -3.31. The summed E-state index contributed by atoms with van der Waals surface area (Å²) in [5, 5.41) is 3.00. The molecule has 1 aliphatic rings. The molecule has 170 valence electrons. The number of hydrogen-bond donors (Lipinski definition) is 1. The molecule has 1 fully saturated rings. The lowest BCUT2D eigenvalue weighted by molar-refractivity contribution is -0.128. The van der Waals surface area contributed by atoms with E-state index in [1.807, 2.05) is 6.92 Å². The van der Waals surface area contributed by atoms with Crippen LogP contribution in [0.4, 0.5) is 5.69 Å². The highest BCUT2D eigenvalue weighted by molar-refractivity contribution is 7.92. The Morgan fingerprint density at radius 2 is 1.97 bits per heavy atom. The number of nitrogens with one attached hydrogen (secondary N) is 1. The second-order valence-electron chi connectivity index (χ2n) is 7.98. The van der Waals surface area contributed by atoms with E-state index in [4.69, 9.17) is 4.74 Å². The maximum atomic E-state index is 12.5. The van der Waals surface area contributed by atoms with E-state index >= 15 is 0 Å². The number of hydrogen-bond acceptors (Lipinski definition) is 5. The zero-order valence-corrected chi connectivity index (χ0v) is 19.6. The third-order valence-corrected chi connectivity index (χ3v) is 6.99. The van der Waals surface area contributed by atoms with E-state index in [9.17, 15) is 13.2 Å². The second-order valence-corrected chi connectivity index (χ2v) is 9.99. The van der Waals surface area contributed by atoms with Crippen molar-refractivity contribution in [2.75, 3.05) is 37.2 Å². The molecule has 7 nitrogen and oxygen atoms in total. The minimum absolute atomic E-state index is 0.111. The number of benzene rings is 1. The average molecular weight is 440 g/mol. The van der Waals surface area contributed by atoms with Gasteiger partial charge in [-0.2, -0.15) is 0 Å². The first kappa shape index (κ1) is 24.5. The number of sulfonamides is 1. The normalized spacial score (nSPS) is 18.6. The molecule has 2 atom stereocenters. The van der Waals surface area contributed by atoms with Gasteiger partial charge in [0.2, 0.25) is 10.0 Å². The molecule has 0 saturated carbocycles. The Hall–Kier alpha value is -1.80. The number of amides is 1. The Balaban J connectivity index is 1.80. The van der Waals surface area contributed by atoms with Crippen LogP contribution in [0.1, 0.15) is 52.4 Å². The Kier molecular flexibility index (Phi) is 9.42. The highest BCUT2D eigenvalue weighted by Gasteiger charge is 2.21. The Morgan fingerprint density at radius 1 is 1.27 bits per heavy atom. The number of nitrogens with zero attached hydrogens (tertiary/aromatic N) is 2. The predicted octanol–water partition coefficient (Wildman–Crippen LogP) is 3.01. The van der Waals surface area contributed by atoms with E-state index in [1.54, 1.807) is 24.3 Å². The summed E-state index contributed by atoms with van der Waals surface area (Å²) in [4.78, 5) is 15.1. The van der Waals surface area contributed by atoms with Crippen molar-refractivity contribution >= 4 is 21.6 Å².